The molecule has 0 bridgehead atoms. The van der Waals surface area contributed by atoms with Crippen molar-refractivity contribution in [3.05, 3.63) is 41.9 Å². The molecule has 1 aromatic heterocycles. The van der Waals surface area contributed by atoms with Crippen LogP contribution in [0.2, 0.25) is 0 Å². The quantitative estimate of drug-likeness (QED) is 0.726. The first kappa shape index (κ1) is 17.7. The largest absolute Gasteiger partial charge is 0.493 e. The van der Waals surface area contributed by atoms with Gasteiger partial charge >= 0.3 is 0 Å². The molecule has 2 aromatic rings. The van der Waals surface area contributed by atoms with Crippen LogP contribution in [-0.4, -0.2) is 33.8 Å². The fraction of sp³-hybridized carbons (Fsp3) is 0.353. The van der Waals surface area contributed by atoms with E-state index in [-0.39, 0.29) is 12.5 Å². The zero-order valence-electron chi connectivity index (χ0n) is 14.0. The van der Waals surface area contributed by atoms with E-state index in [1.807, 2.05) is 18.2 Å². The fourth-order valence-corrected chi connectivity index (χ4v) is 2.22. The Kier molecular flexibility index (Phi) is 6.51. The molecule has 0 unspecified atom stereocenters. The SMILES string of the molecule is COc1cc(CNCC(=O)NCc2ccco2)cc(OC)c1OC. The summed E-state index contributed by atoms with van der Waals surface area (Å²) in [7, 11) is 4.69. The normalized spacial score (nSPS) is 10.3. The van der Waals surface area contributed by atoms with E-state index in [0.717, 1.165) is 5.56 Å². The molecule has 0 atom stereocenters. The monoisotopic (exact) mass is 334 g/mol. The van der Waals surface area contributed by atoms with E-state index in [9.17, 15) is 4.79 Å². The van der Waals surface area contributed by atoms with E-state index in [1.54, 1.807) is 33.7 Å². The van der Waals surface area contributed by atoms with E-state index >= 15 is 0 Å². The van der Waals surface area contributed by atoms with Crippen molar-refractivity contribution in [1.29, 1.82) is 0 Å². The van der Waals surface area contributed by atoms with Gasteiger partial charge in [-0.05, 0) is 29.8 Å². The van der Waals surface area contributed by atoms with Gasteiger partial charge in [0.1, 0.15) is 5.76 Å². The second-order valence-electron chi connectivity index (χ2n) is 4.99. The lowest BCUT2D eigenvalue weighted by atomic mass is 10.1. The van der Waals surface area contributed by atoms with Gasteiger partial charge < -0.3 is 29.3 Å². The van der Waals surface area contributed by atoms with E-state index in [2.05, 4.69) is 10.6 Å². The van der Waals surface area contributed by atoms with Crippen molar-refractivity contribution in [1.82, 2.24) is 10.6 Å². The molecular formula is C17H22N2O5. The van der Waals surface area contributed by atoms with Crippen molar-refractivity contribution in [3.8, 4) is 17.2 Å². The molecule has 0 aliphatic carbocycles. The zero-order chi connectivity index (χ0) is 17.4. The highest BCUT2D eigenvalue weighted by Gasteiger charge is 2.13. The van der Waals surface area contributed by atoms with Crippen molar-refractivity contribution >= 4 is 5.91 Å². The molecule has 24 heavy (non-hydrogen) atoms. The van der Waals surface area contributed by atoms with Gasteiger partial charge in [-0.1, -0.05) is 0 Å². The molecule has 1 aromatic carbocycles. The number of methoxy groups -OCH3 is 3. The molecule has 0 spiro atoms. The van der Waals surface area contributed by atoms with Crippen LogP contribution < -0.4 is 24.8 Å². The number of rotatable bonds is 9. The molecule has 0 radical (unpaired) electrons. The number of carbonyl (C=O) groups excluding carboxylic acids is 1. The Labute approximate surface area is 140 Å². The zero-order valence-corrected chi connectivity index (χ0v) is 14.0. The van der Waals surface area contributed by atoms with Crippen LogP contribution in [0, 0.1) is 0 Å². The highest BCUT2D eigenvalue weighted by Crippen LogP contribution is 2.38. The average molecular weight is 334 g/mol. The molecule has 2 N–H and O–H groups in total. The molecule has 130 valence electrons. The van der Waals surface area contributed by atoms with Crippen LogP contribution in [0.3, 0.4) is 0 Å². The molecule has 7 heteroatoms. The predicted octanol–water partition coefficient (Wildman–Crippen LogP) is 1.71. The molecule has 0 saturated carbocycles. The molecule has 0 fully saturated rings. The Morgan fingerprint density at radius 2 is 1.79 bits per heavy atom. The number of benzene rings is 1. The lowest BCUT2D eigenvalue weighted by Crippen LogP contribution is -2.33. The molecule has 7 nitrogen and oxygen atoms in total. The smallest absolute Gasteiger partial charge is 0.234 e. The topological polar surface area (TPSA) is 82.0 Å². The molecule has 1 amide bonds. The van der Waals surface area contributed by atoms with Crippen LogP contribution in [-0.2, 0) is 17.9 Å². The number of ether oxygens (including phenoxy) is 3. The van der Waals surface area contributed by atoms with Gasteiger partial charge in [0.2, 0.25) is 11.7 Å². The molecule has 1 heterocycles. The van der Waals surface area contributed by atoms with Crippen LogP contribution in [0.5, 0.6) is 17.2 Å². The van der Waals surface area contributed by atoms with E-state index in [0.29, 0.717) is 36.1 Å². The third-order valence-corrected chi connectivity index (χ3v) is 3.38. The highest BCUT2D eigenvalue weighted by atomic mass is 16.5. The molecule has 0 saturated heterocycles. The number of carbonyl (C=O) groups is 1. The minimum absolute atomic E-state index is 0.112. The number of amides is 1. The van der Waals surface area contributed by atoms with Gasteiger partial charge in [0, 0.05) is 6.54 Å². The van der Waals surface area contributed by atoms with Gasteiger partial charge in [0.15, 0.2) is 11.5 Å². The predicted molar refractivity (Wildman–Crippen MR) is 88.4 cm³/mol. The number of hydrogen-bond donors (Lipinski definition) is 2. The second kappa shape index (κ2) is 8.83. The van der Waals surface area contributed by atoms with Gasteiger partial charge in [-0.25, -0.2) is 0 Å². The summed E-state index contributed by atoms with van der Waals surface area (Å²) in [6.07, 6.45) is 1.57. The van der Waals surface area contributed by atoms with E-state index in [4.69, 9.17) is 18.6 Å². The third kappa shape index (κ3) is 4.66. The van der Waals surface area contributed by atoms with Crippen molar-refractivity contribution < 1.29 is 23.4 Å². The summed E-state index contributed by atoms with van der Waals surface area (Å²) in [6, 6.07) is 7.28. The van der Waals surface area contributed by atoms with Gasteiger partial charge in [0.25, 0.3) is 0 Å². The van der Waals surface area contributed by atoms with Crippen molar-refractivity contribution in [2.45, 2.75) is 13.1 Å². The number of hydrogen-bond acceptors (Lipinski definition) is 6. The van der Waals surface area contributed by atoms with Crippen molar-refractivity contribution in [2.24, 2.45) is 0 Å². The van der Waals surface area contributed by atoms with Crippen LogP contribution in [0.15, 0.2) is 34.9 Å². The minimum atomic E-state index is -0.112. The second-order valence-corrected chi connectivity index (χ2v) is 4.99. The first-order chi connectivity index (χ1) is 11.7. The summed E-state index contributed by atoms with van der Waals surface area (Å²) in [5, 5.41) is 5.85. The van der Waals surface area contributed by atoms with Crippen LogP contribution >= 0.6 is 0 Å². The van der Waals surface area contributed by atoms with Crippen molar-refractivity contribution in [2.75, 3.05) is 27.9 Å². The Hall–Kier alpha value is -2.67. The maximum atomic E-state index is 11.8. The average Bonchev–Trinajstić information content (AvgIpc) is 3.12. The summed E-state index contributed by atoms with van der Waals surface area (Å²) in [5.41, 5.74) is 0.920. The molecule has 0 aliphatic rings. The maximum Gasteiger partial charge on any atom is 0.234 e. The summed E-state index contributed by atoms with van der Waals surface area (Å²) in [5.74, 6) is 2.30. The Morgan fingerprint density at radius 3 is 2.33 bits per heavy atom. The first-order valence-corrected chi connectivity index (χ1v) is 7.46. The maximum absolute atomic E-state index is 11.8. The highest BCUT2D eigenvalue weighted by molar-refractivity contribution is 5.77. The summed E-state index contributed by atoms with van der Waals surface area (Å²) in [6.45, 7) is 1.06. The van der Waals surface area contributed by atoms with Crippen LogP contribution in [0.25, 0.3) is 0 Å². The van der Waals surface area contributed by atoms with Gasteiger partial charge in [-0.2, -0.15) is 0 Å². The lowest BCUT2D eigenvalue weighted by molar-refractivity contribution is -0.120. The minimum Gasteiger partial charge on any atom is -0.493 e. The van der Waals surface area contributed by atoms with Gasteiger partial charge in [-0.15, -0.1) is 0 Å². The van der Waals surface area contributed by atoms with Crippen LogP contribution in [0.4, 0.5) is 0 Å². The molecule has 2 rings (SSSR count). The number of nitrogens with one attached hydrogen (secondary N) is 2. The first-order valence-electron chi connectivity index (χ1n) is 7.46. The number of furan rings is 1. The Morgan fingerprint density at radius 1 is 1.08 bits per heavy atom. The summed E-state index contributed by atoms with van der Waals surface area (Å²) in [4.78, 5) is 11.8. The van der Waals surface area contributed by atoms with E-state index in [1.165, 1.54) is 0 Å². The Bertz CT molecular complexity index is 630. The van der Waals surface area contributed by atoms with Crippen LogP contribution in [0.1, 0.15) is 11.3 Å². The lowest BCUT2D eigenvalue weighted by Gasteiger charge is -2.14. The Balaban J connectivity index is 1.86. The van der Waals surface area contributed by atoms with Gasteiger partial charge in [-0.3, -0.25) is 4.79 Å². The molecular weight excluding hydrogens is 312 g/mol. The van der Waals surface area contributed by atoms with E-state index < -0.39 is 0 Å². The third-order valence-electron chi connectivity index (χ3n) is 3.38. The standard InChI is InChI=1S/C17H22N2O5/c1-21-14-7-12(8-15(22-2)17(14)23-3)9-18-11-16(20)19-10-13-5-4-6-24-13/h4-8,18H,9-11H2,1-3H3,(H,19,20). The fourth-order valence-electron chi connectivity index (χ4n) is 2.22. The summed E-state index contributed by atoms with van der Waals surface area (Å²) >= 11 is 0. The van der Waals surface area contributed by atoms with Crippen molar-refractivity contribution in [3.63, 3.8) is 0 Å². The van der Waals surface area contributed by atoms with Gasteiger partial charge in [0.05, 0.1) is 40.7 Å². The summed E-state index contributed by atoms with van der Waals surface area (Å²) < 4.78 is 21.0. The molecule has 0 aliphatic heterocycles.